The number of ether oxygens (including phenoxy) is 1. The average Bonchev–Trinajstić information content (AvgIpc) is 3.57. The lowest BCUT2D eigenvalue weighted by molar-refractivity contribution is 0.0919. The number of halogens is 1. The van der Waals surface area contributed by atoms with E-state index in [0.29, 0.717) is 35.1 Å². The molecule has 38 heavy (non-hydrogen) atoms. The topological polar surface area (TPSA) is 111 Å². The van der Waals surface area contributed by atoms with Gasteiger partial charge in [0, 0.05) is 30.9 Å². The van der Waals surface area contributed by atoms with E-state index in [4.69, 9.17) is 10.5 Å². The number of nitrogen functional groups attached to an aromatic ring is 1. The van der Waals surface area contributed by atoms with Gasteiger partial charge >= 0.3 is 0 Å². The van der Waals surface area contributed by atoms with Gasteiger partial charge in [0.15, 0.2) is 5.82 Å². The number of methoxy groups -OCH3 is 1. The fraction of sp³-hybridized carbons (Fsp3) is 0.357. The number of amides is 1. The highest BCUT2D eigenvalue weighted by molar-refractivity contribution is 5.98. The Morgan fingerprint density at radius 2 is 1.97 bits per heavy atom. The van der Waals surface area contributed by atoms with Crippen molar-refractivity contribution in [2.24, 2.45) is 0 Å². The molecular weight excluding hydrogens is 485 g/mol. The van der Waals surface area contributed by atoms with Crippen LogP contribution in [0, 0.1) is 6.92 Å². The Bertz CT molecular complexity index is 1540. The number of anilines is 1. The molecule has 4 heterocycles. The van der Waals surface area contributed by atoms with Crippen molar-refractivity contribution in [1.82, 2.24) is 29.8 Å². The van der Waals surface area contributed by atoms with Crippen LogP contribution in [0.1, 0.15) is 52.4 Å². The molecule has 0 saturated carbocycles. The van der Waals surface area contributed by atoms with Crippen molar-refractivity contribution >= 4 is 17.2 Å². The monoisotopic (exact) mass is 515 g/mol. The van der Waals surface area contributed by atoms with Gasteiger partial charge in [-0.15, -0.1) is 0 Å². The lowest BCUT2D eigenvalue weighted by Gasteiger charge is -2.24. The molecule has 0 bridgehead atoms. The third-order valence-corrected chi connectivity index (χ3v) is 7.85. The number of carbonyl (C=O) groups excluding carboxylic acids is 1. The van der Waals surface area contributed by atoms with Crippen LogP contribution in [0.3, 0.4) is 0 Å². The first-order valence-corrected chi connectivity index (χ1v) is 12.8. The summed E-state index contributed by atoms with van der Waals surface area (Å²) in [4.78, 5) is 24.0. The molecule has 4 atom stereocenters. The maximum absolute atomic E-state index is 15.2. The summed E-state index contributed by atoms with van der Waals surface area (Å²) in [7, 11) is 1.46. The molecule has 3 unspecified atom stereocenters. The third-order valence-electron chi connectivity index (χ3n) is 7.85. The molecule has 3 aromatic heterocycles. The fourth-order valence-electron chi connectivity index (χ4n) is 6.00. The second kappa shape index (κ2) is 9.36. The summed E-state index contributed by atoms with van der Waals surface area (Å²) >= 11 is 0. The van der Waals surface area contributed by atoms with E-state index in [1.54, 1.807) is 16.8 Å². The highest BCUT2D eigenvalue weighted by Gasteiger charge is 2.41. The number of alkyl halides is 1. The minimum atomic E-state index is -1.18. The quantitative estimate of drug-likeness (QED) is 0.417. The molecule has 1 aliphatic heterocycles. The van der Waals surface area contributed by atoms with E-state index in [2.05, 4.69) is 50.4 Å². The molecule has 196 valence electrons. The Kier molecular flexibility index (Phi) is 5.98. The number of aromatic nitrogens is 4. The van der Waals surface area contributed by atoms with Gasteiger partial charge in [0.2, 0.25) is 5.88 Å². The van der Waals surface area contributed by atoms with Crippen LogP contribution in [0.2, 0.25) is 0 Å². The van der Waals surface area contributed by atoms with Gasteiger partial charge in [-0.3, -0.25) is 9.69 Å². The lowest BCUT2D eigenvalue weighted by atomic mass is 10.0. The average molecular weight is 516 g/mol. The molecule has 2 aliphatic rings. The molecular formula is C28H30FN7O2. The zero-order valence-electron chi connectivity index (χ0n) is 21.6. The van der Waals surface area contributed by atoms with Crippen LogP contribution < -0.4 is 15.8 Å². The van der Waals surface area contributed by atoms with Gasteiger partial charge in [0.05, 0.1) is 18.8 Å². The number of hydrogen-bond donors (Lipinski definition) is 2. The number of likely N-dealkylation sites (tertiary alicyclic amines) is 1. The summed E-state index contributed by atoms with van der Waals surface area (Å²) in [6.07, 6.45) is 2.77. The molecule has 4 aromatic rings. The number of nitrogens with zero attached hydrogens (tertiary/aromatic N) is 5. The largest absolute Gasteiger partial charge is 0.480 e. The molecule has 0 radical (unpaired) electrons. The Morgan fingerprint density at radius 1 is 1.18 bits per heavy atom. The van der Waals surface area contributed by atoms with Gasteiger partial charge < -0.3 is 15.8 Å². The van der Waals surface area contributed by atoms with Crippen LogP contribution in [-0.2, 0) is 0 Å². The number of hydrogen-bond acceptors (Lipinski definition) is 7. The highest BCUT2D eigenvalue weighted by Crippen LogP contribution is 2.44. The highest BCUT2D eigenvalue weighted by atomic mass is 19.1. The van der Waals surface area contributed by atoms with Crippen molar-refractivity contribution < 1.29 is 13.9 Å². The molecule has 1 amide bonds. The van der Waals surface area contributed by atoms with E-state index in [-0.39, 0.29) is 24.0 Å². The second-order valence-electron chi connectivity index (χ2n) is 10.2. The molecule has 3 N–H and O–H groups in total. The van der Waals surface area contributed by atoms with Crippen molar-refractivity contribution in [2.45, 2.75) is 44.4 Å². The lowest BCUT2D eigenvalue weighted by Crippen LogP contribution is -2.41. The van der Waals surface area contributed by atoms with Gasteiger partial charge in [-0.25, -0.2) is 18.9 Å². The van der Waals surface area contributed by atoms with Gasteiger partial charge in [0.1, 0.15) is 23.6 Å². The first-order chi connectivity index (χ1) is 18.4. The van der Waals surface area contributed by atoms with Crippen molar-refractivity contribution in [1.29, 1.82) is 0 Å². The molecule has 9 nitrogen and oxygen atoms in total. The van der Waals surface area contributed by atoms with Crippen LogP contribution >= 0.6 is 0 Å². The minimum Gasteiger partial charge on any atom is -0.480 e. The first kappa shape index (κ1) is 24.3. The third kappa shape index (κ3) is 3.96. The normalized spacial score (nSPS) is 23.1. The van der Waals surface area contributed by atoms with Crippen LogP contribution in [0.4, 0.5) is 10.2 Å². The Morgan fingerprint density at radius 3 is 2.76 bits per heavy atom. The number of benzene rings is 1. The number of rotatable bonds is 5. The predicted molar refractivity (Wildman–Crippen MR) is 142 cm³/mol. The zero-order valence-corrected chi connectivity index (χ0v) is 21.6. The van der Waals surface area contributed by atoms with Crippen molar-refractivity contribution in [3.8, 4) is 17.1 Å². The van der Waals surface area contributed by atoms with Crippen LogP contribution in [-0.4, -0.2) is 62.8 Å². The van der Waals surface area contributed by atoms with E-state index in [0.717, 1.165) is 12.0 Å². The van der Waals surface area contributed by atoms with E-state index < -0.39 is 18.1 Å². The summed E-state index contributed by atoms with van der Waals surface area (Å²) in [5.41, 5.74) is 11.8. The van der Waals surface area contributed by atoms with Gasteiger partial charge in [-0.1, -0.05) is 31.2 Å². The number of pyridine rings is 1. The molecule has 1 aliphatic carbocycles. The van der Waals surface area contributed by atoms with Gasteiger partial charge in [-0.05, 0) is 48.1 Å². The van der Waals surface area contributed by atoms with Crippen LogP contribution in [0.5, 0.6) is 5.88 Å². The summed E-state index contributed by atoms with van der Waals surface area (Å²) in [6, 6.07) is 11.5. The fourth-order valence-corrected chi connectivity index (χ4v) is 6.00. The zero-order chi connectivity index (χ0) is 26.6. The molecule has 1 saturated heterocycles. The summed E-state index contributed by atoms with van der Waals surface area (Å²) in [6.45, 7) is 4.85. The van der Waals surface area contributed by atoms with E-state index in [1.165, 1.54) is 24.6 Å². The summed E-state index contributed by atoms with van der Waals surface area (Å²) < 4.78 is 22.3. The van der Waals surface area contributed by atoms with Gasteiger partial charge in [0.25, 0.3) is 5.91 Å². The number of fused-ring (bicyclic) bond motifs is 2. The molecule has 1 aromatic carbocycles. The van der Waals surface area contributed by atoms with E-state index in [1.807, 2.05) is 19.1 Å². The Balaban J connectivity index is 1.25. The van der Waals surface area contributed by atoms with Crippen LogP contribution in [0.15, 0.2) is 48.9 Å². The van der Waals surface area contributed by atoms with Gasteiger partial charge in [-0.2, -0.15) is 5.10 Å². The second-order valence-corrected chi connectivity index (χ2v) is 10.2. The predicted octanol–water partition coefficient (Wildman–Crippen LogP) is 3.69. The number of carbonyl (C=O) groups is 1. The molecule has 10 heteroatoms. The summed E-state index contributed by atoms with van der Waals surface area (Å²) in [5, 5.41) is 7.24. The molecule has 6 rings (SSSR count). The Hall–Kier alpha value is -4.05. The standard InChI is InChI=1S/C28H30FN7O2/c1-15-8-24(19-7-5-4-6-18(15)19)35-12-21(29)22(13-35)34-27(37)20-10-17(11-31-28(20)38-3)23-9-16(2)25-26(30)32-14-33-36(23)25/h4-7,9-11,14-15,21-22,24H,8,12-13H2,1-3H3,(H,34,37)(H2,30,32,33)/t15?,21-,22?,24?/m0/s1. The van der Waals surface area contributed by atoms with E-state index in [9.17, 15) is 4.79 Å². The molecule has 0 spiro atoms. The Labute approximate surface area is 219 Å². The first-order valence-electron chi connectivity index (χ1n) is 12.8. The summed E-state index contributed by atoms with van der Waals surface area (Å²) in [5.74, 6) is 0.525. The maximum Gasteiger partial charge on any atom is 0.257 e. The van der Waals surface area contributed by atoms with Crippen molar-refractivity contribution in [2.75, 3.05) is 25.9 Å². The number of aryl methyl sites for hydroxylation is 1. The number of nitrogens with two attached hydrogens (primary N) is 1. The molecule has 1 fully saturated rings. The minimum absolute atomic E-state index is 0.154. The van der Waals surface area contributed by atoms with E-state index >= 15 is 4.39 Å². The number of nitrogens with one attached hydrogen (secondary N) is 1. The van der Waals surface area contributed by atoms with Crippen molar-refractivity contribution in [3.63, 3.8) is 0 Å². The van der Waals surface area contributed by atoms with Crippen molar-refractivity contribution in [3.05, 3.63) is 71.2 Å². The smallest absolute Gasteiger partial charge is 0.257 e. The maximum atomic E-state index is 15.2. The SMILES string of the molecule is COc1ncc(-c2cc(C)c3c(N)ncnn23)cc1C(=O)NC1CN(C2CC(C)c3ccccc32)C[C@@H]1F. The van der Waals surface area contributed by atoms with Crippen LogP contribution in [0.25, 0.3) is 16.8 Å².